The molecule has 0 amide bonds. The molecule has 5 N–H and O–H groups in total. The number of carbonyl (C=O) groups excluding carboxylic acids is 3. The van der Waals surface area contributed by atoms with Crippen LogP contribution in [0.2, 0.25) is 0 Å². The Bertz CT molecular complexity index is 1500. The maximum atomic E-state index is 12.4. The lowest BCUT2D eigenvalue weighted by Gasteiger charge is -2.11. The maximum absolute atomic E-state index is 12.4. The largest absolute Gasteiger partial charge is 0.478 e. The van der Waals surface area contributed by atoms with Gasteiger partial charge in [-0.3, -0.25) is 4.79 Å². The summed E-state index contributed by atoms with van der Waals surface area (Å²) in [6.07, 6.45) is 10.8. The van der Waals surface area contributed by atoms with Crippen LogP contribution in [0.15, 0.2) is 66.7 Å². The second kappa shape index (κ2) is 18.6. The molecule has 0 bridgehead atoms. The fourth-order valence-corrected chi connectivity index (χ4v) is 4.69. The summed E-state index contributed by atoms with van der Waals surface area (Å²) in [6.45, 7) is 2.36. The van der Waals surface area contributed by atoms with Crippen molar-refractivity contribution in [3.05, 3.63) is 89.0 Å². The Morgan fingerprint density at radius 2 is 1.43 bits per heavy atom. The lowest BCUT2D eigenvalue weighted by molar-refractivity contribution is -0.134. The van der Waals surface area contributed by atoms with Crippen LogP contribution in [0.5, 0.6) is 11.5 Å². The van der Waals surface area contributed by atoms with Crippen LogP contribution in [0, 0.1) is 0 Å². The molecule has 244 valence electrons. The van der Waals surface area contributed by atoms with E-state index < -0.39 is 17.9 Å². The summed E-state index contributed by atoms with van der Waals surface area (Å²) in [5, 5.41) is 9.41. The predicted octanol–water partition coefficient (Wildman–Crippen LogP) is 7.00. The molecule has 0 aliphatic carbocycles. The van der Waals surface area contributed by atoms with Crippen molar-refractivity contribution in [2.45, 2.75) is 71.1 Å². The average Bonchev–Trinajstić information content (AvgIpc) is 3.03. The summed E-state index contributed by atoms with van der Waals surface area (Å²) >= 11 is 0. The van der Waals surface area contributed by atoms with Gasteiger partial charge in [0.15, 0.2) is 0 Å². The summed E-state index contributed by atoms with van der Waals surface area (Å²) in [7, 11) is 0. The van der Waals surface area contributed by atoms with Gasteiger partial charge in [-0.1, -0.05) is 51.2 Å². The molecule has 0 radical (unpaired) electrons. The molecule has 46 heavy (non-hydrogen) atoms. The first-order chi connectivity index (χ1) is 22.2. The summed E-state index contributed by atoms with van der Waals surface area (Å²) in [5.74, 6) is -1.63. The number of rotatable bonds is 18. The van der Waals surface area contributed by atoms with Crippen molar-refractivity contribution in [2.24, 2.45) is 0 Å². The van der Waals surface area contributed by atoms with Crippen molar-refractivity contribution in [1.29, 1.82) is 0 Å². The van der Waals surface area contributed by atoms with Crippen LogP contribution in [-0.2, 0) is 20.7 Å². The molecule has 3 aromatic carbocycles. The van der Waals surface area contributed by atoms with Crippen LogP contribution < -0.4 is 20.9 Å². The molecule has 0 aliphatic rings. The van der Waals surface area contributed by atoms with E-state index in [-0.39, 0.29) is 11.5 Å². The van der Waals surface area contributed by atoms with Gasteiger partial charge in [0.25, 0.3) is 0 Å². The number of anilines is 2. The molecule has 10 heteroatoms. The molecule has 0 spiro atoms. The number of benzene rings is 3. The minimum absolute atomic E-state index is 0.147. The van der Waals surface area contributed by atoms with E-state index in [1.807, 2.05) is 0 Å². The number of esters is 3. The number of hydrogen-bond donors (Lipinski definition) is 3. The SMILES string of the molecule is CCCCCC(=O)Oc1ccc(OC(=O)/C=C/c2ccc(C(=O)OCCCCCCCc3c(N)cc(N)cc3C(=O)O)cc2)cc1. The van der Waals surface area contributed by atoms with Gasteiger partial charge in [0.2, 0.25) is 0 Å². The first kappa shape index (κ1) is 35.4. The number of unbranched alkanes of at least 4 members (excludes halogenated alkanes) is 6. The number of nitrogens with two attached hydrogens (primary N) is 2. The van der Waals surface area contributed by atoms with E-state index in [4.69, 9.17) is 25.7 Å². The van der Waals surface area contributed by atoms with Crippen LogP contribution in [0.3, 0.4) is 0 Å². The van der Waals surface area contributed by atoms with Crippen LogP contribution >= 0.6 is 0 Å². The fraction of sp³-hybridized carbons (Fsp3) is 0.333. The maximum Gasteiger partial charge on any atom is 0.338 e. The van der Waals surface area contributed by atoms with Gasteiger partial charge in [-0.2, -0.15) is 0 Å². The van der Waals surface area contributed by atoms with Gasteiger partial charge in [-0.25, -0.2) is 14.4 Å². The highest BCUT2D eigenvalue weighted by Gasteiger charge is 2.14. The van der Waals surface area contributed by atoms with Crippen molar-refractivity contribution in [1.82, 2.24) is 0 Å². The molecule has 0 saturated carbocycles. The van der Waals surface area contributed by atoms with Crippen molar-refractivity contribution in [3.63, 3.8) is 0 Å². The Hall–Kier alpha value is -5.12. The zero-order valence-corrected chi connectivity index (χ0v) is 26.2. The quantitative estimate of drug-likeness (QED) is 0.0437. The lowest BCUT2D eigenvalue weighted by atomic mass is 9.98. The van der Waals surface area contributed by atoms with Crippen LogP contribution in [0.4, 0.5) is 11.4 Å². The number of carboxylic acids is 1. The summed E-state index contributed by atoms with van der Waals surface area (Å²) in [5.41, 5.74) is 14.3. The Morgan fingerprint density at radius 3 is 2.11 bits per heavy atom. The van der Waals surface area contributed by atoms with Crippen molar-refractivity contribution in [2.75, 3.05) is 18.1 Å². The third-order valence-corrected chi connectivity index (χ3v) is 7.16. The molecule has 0 fully saturated rings. The molecule has 10 nitrogen and oxygen atoms in total. The molecule has 0 unspecified atom stereocenters. The zero-order chi connectivity index (χ0) is 33.3. The Balaban J connectivity index is 1.32. The highest BCUT2D eigenvalue weighted by Crippen LogP contribution is 2.24. The van der Waals surface area contributed by atoms with E-state index in [2.05, 4.69) is 6.92 Å². The monoisotopic (exact) mass is 630 g/mol. The van der Waals surface area contributed by atoms with Gasteiger partial charge in [-0.05, 0) is 91.4 Å². The molecule has 0 saturated heterocycles. The van der Waals surface area contributed by atoms with E-state index in [1.165, 1.54) is 12.1 Å². The summed E-state index contributed by atoms with van der Waals surface area (Å²) in [4.78, 5) is 47.9. The Labute approximate surface area is 269 Å². The number of carbonyl (C=O) groups is 4. The van der Waals surface area contributed by atoms with Crippen molar-refractivity contribution >= 4 is 41.3 Å². The van der Waals surface area contributed by atoms with E-state index in [9.17, 15) is 24.3 Å². The molecule has 0 atom stereocenters. The van der Waals surface area contributed by atoms with E-state index in [0.717, 1.165) is 44.9 Å². The Morgan fingerprint density at radius 1 is 0.783 bits per heavy atom. The van der Waals surface area contributed by atoms with Gasteiger partial charge in [0.1, 0.15) is 11.5 Å². The molecule has 0 aromatic heterocycles. The van der Waals surface area contributed by atoms with Crippen LogP contribution in [-0.4, -0.2) is 35.6 Å². The average molecular weight is 631 g/mol. The highest BCUT2D eigenvalue weighted by molar-refractivity contribution is 5.93. The summed E-state index contributed by atoms with van der Waals surface area (Å²) in [6, 6.07) is 15.9. The van der Waals surface area contributed by atoms with Crippen LogP contribution in [0.25, 0.3) is 6.08 Å². The topological polar surface area (TPSA) is 168 Å². The third-order valence-electron chi connectivity index (χ3n) is 7.16. The second-order valence-electron chi connectivity index (χ2n) is 10.9. The number of ether oxygens (including phenoxy) is 3. The number of carboxylic acid groups (broad SMARTS) is 1. The van der Waals surface area contributed by atoms with Crippen molar-refractivity contribution in [3.8, 4) is 11.5 Å². The molecule has 3 rings (SSSR count). The number of hydrogen-bond acceptors (Lipinski definition) is 9. The predicted molar refractivity (Wildman–Crippen MR) is 177 cm³/mol. The lowest BCUT2D eigenvalue weighted by Crippen LogP contribution is -2.08. The minimum Gasteiger partial charge on any atom is -0.478 e. The van der Waals surface area contributed by atoms with E-state index in [1.54, 1.807) is 60.7 Å². The minimum atomic E-state index is -1.04. The normalized spacial score (nSPS) is 10.9. The standard InChI is InChI=1S/C36H42N2O8/c1-2-3-7-11-33(39)45-28-17-19-29(20-18-28)46-34(40)21-14-25-12-15-26(16-13-25)36(43)44-22-9-6-4-5-8-10-30-31(35(41)42)23-27(37)24-32(30)38/h12-21,23-24H,2-11,22,37-38H2,1H3,(H,41,42)/b21-14+. The van der Waals surface area contributed by atoms with Gasteiger partial charge in [0, 0.05) is 23.9 Å². The van der Waals surface area contributed by atoms with Crippen LogP contribution in [0.1, 0.15) is 96.6 Å². The third kappa shape index (κ3) is 12.1. The number of nitrogen functional groups attached to an aromatic ring is 2. The molecule has 0 heterocycles. The zero-order valence-electron chi connectivity index (χ0n) is 26.2. The first-order valence-electron chi connectivity index (χ1n) is 15.5. The van der Waals surface area contributed by atoms with Gasteiger partial charge in [0.05, 0.1) is 17.7 Å². The molecule has 3 aromatic rings. The molecule has 0 aliphatic heterocycles. The smallest absolute Gasteiger partial charge is 0.338 e. The fourth-order valence-electron chi connectivity index (χ4n) is 4.69. The molecular formula is C36H42N2O8. The van der Waals surface area contributed by atoms with E-state index >= 15 is 0 Å². The van der Waals surface area contributed by atoms with Gasteiger partial charge in [-0.15, -0.1) is 0 Å². The van der Waals surface area contributed by atoms with Gasteiger partial charge >= 0.3 is 23.9 Å². The highest BCUT2D eigenvalue weighted by atomic mass is 16.5. The first-order valence-corrected chi connectivity index (χ1v) is 15.5. The second-order valence-corrected chi connectivity index (χ2v) is 10.9. The van der Waals surface area contributed by atoms with Crippen molar-refractivity contribution < 1.29 is 38.5 Å². The summed E-state index contributed by atoms with van der Waals surface area (Å²) < 4.78 is 15.9. The molecular weight excluding hydrogens is 588 g/mol. The van der Waals surface area contributed by atoms with Gasteiger partial charge < -0.3 is 30.8 Å². The van der Waals surface area contributed by atoms with E-state index in [0.29, 0.717) is 65.4 Å². The number of aromatic carboxylic acids is 1. The Kier molecular flexibility index (Phi) is 14.3.